The molecule has 2 aromatic rings. The van der Waals surface area contributed by atoms with E-state index in [4.69, 9.17) is 0 Å². The van der Waals surface area contributed by atoms with Gasteiger partial charge in [-0.3, -0.25) is 0 Å². The second-order valence-corrected chi connectivity index (χ2v) is 8.48. The third-order valence-corrected chi connectivity index (χ3v) is 6.70. The molecule has 2 aromatic carbocycles. The van der Waals surface area contributed by atoms with Crippen LogP contribution in [0.4, 0.5) is 18.9 Å². The number of halogens is 3. The van der Waals surface area contributed by atoms with Crippen LogP contribution in [0.2, 0.25) is 0 Å². The van der Waals surface area contributed by atoms with Crippen molar-refractivity contribution in [2.24, 2.45) is 0 Å². The first-order valence-corrected chi connectivity index (χ1v) is 10.6. The van der Waals surface area contributed by atoms with E-state index in [1.165, 1.54) is 17.8 Å². The highest BCUT2D eigenvalue weighted by Crippen LogP contribution is 2.46. The number of aliphatic hydroxyl groups is 1. The van der Waals surface area contributed by atoms with E-state index in [0.29, 0.717) is 35.5 Å². The summed E-state index contributed by atoms with van der Waals surface area (Å²) in [6.45, 7) is 2.25. The predicted octanol–water partition coefficient (Wildman–Crippen LogP) is 3.79. The molecule has 2 heterocycles. The van der Waals surface area contributed by atoms with E-state index in [9.17, 15) is 23.1 Å². The molecule has 0 saturated carbocycles. The predicted molar refractivity (Wildman–Crippen MR) is 111 cm³/mol. The lowest BCUT2D eigenvalue weighted by Gasteiger charge is -2.39. The molecule has 30 heavy (non-hydrogen) atoms. The van der Waals surface area contributed by atoms with Gasteiger partial charge in [-0.1, -0.05) is 17.8 Å². The number of benzene rings is 2. The van der Waals surface area contributed by atoms with Crippen molar-refractivity contribution in [1.82, 2.24) is 5.32 Å². The molecular formula is C22H21F3N2O2S. The zero-order valence-electron chi connectivity index (χ0n) is 16.1. The molecule has 0 spiro atoms. The summed E-state index contributed by atoms with van der Waals surface area (Å²) < 4.78 is 39.6. The Morgan fingerprint density at radius 2 is 2.07 bits per heavy atom. The summed E-state index contributed by atoms with van der Waals surface area (Å²) >= 11 is 1.38. The van der Waals surface area contributed by atoms with Crippen LogP contribution in [0.1, 0.15) is 23.1 Å². The van der Waals surface area contributed by atoms with E-state index < -0.39 is 11.7 Å². The molecule has 4 rings (SSSR count). The molecule has 0 amide bonds. The van der Waals surface area contributed by atoms with Crippen molar-refractivity contribution in [1.29, 1.82) is 0 Å². The van der Waals surface area contributed by atoms with Gasteiger partial charge < -0.3 is 15.3 Å². The third kappa shape index (κ3) is 4.01. The van der Waals surface area contributed by atoms with E-state index >= 15 is 0 Å². The Balaban J connectivity index is 1.80. The van der Waals surface area contributed by atoms with E-state index in [1.807, 2.05) is 24.1 Å². The molecule has 0 bridgehead atoms. The van der Waals surface area contributed by atoms with Crippen molar-refractivity contribution in [3.8, 4) is 0 Å². The summed E-state index contributed by atoms with van der Waals surface area (Å²) in [7, 11) is 0. The van der Waals surface area contributed by atoms with E-state index in [1.54, 1.807) is 0 Å². The number of anilines is 1. The molecule has 1 fully saturated rings. The van der Waals surface area contributed by atoms with Gasteiger partial charge in [-0.15, -0.1) is 0 Å². The number of carbonyl (C=O) groups excluding carboxylic acids is 1. The van der Waals surface area contributed by atoms with Crippen LogP contribution in [0, 0.1) is 0 Å². The smallest absolute Gasteiger partial charge is 0.396 e. The van der Waals surface area contributed by atoms with Crippen molar-refractivity contribution in [2.75, 3.05) is 31.1 Å². The van der Waals surface area contributed by atoms with E-state index in [-0.39, 0.29) is 19.1 Å². The molecule has 1 saturated heterocycles. The molecule has 0 radical (unpaired) electrons. The van der Waals surface area contributed by atoms with Gasteiger partial charge in [0.15, 0.2) is 0 Å². The number of hydrogen-bond donors (Lipinski definition) is 2. The zero-order valence-corrected chi connectivity index (χ0v) is 16.9. The van der Waals surface area contributed by atoms with Gasteiger partial charge in [0.05, 0.1) is 11.1 Å². The van der Waals surface area contributed by atoms with Crippen LogP contribution in [0.25, 0.3) is 5.57 Å². The van der Waals surface area contributed by atoms with Crippen LogP contribution < -0.4 is 10.2 Å². The number of rotatable bonds is 3. The average molecular weight is 434 g/mol. The first kappa shape index (κ1) is 21.0. The Bertz CT molecular complexity index is 1000. The molecule has 0 aromatic heterocycles. The van der Waals surface area contributed by atoms with Gasteiger partial charge in [0.1, 0.15) is 5.94 Å². The maximum absolute atomic E-state index is 13.2. The first-order chi connectivity index (χ1) is 14.4. The topological polar surface area (TPSA) is 52.6 Å². The second kappa shape index (κ2) is 8.47. The van der Waals surface area contributed by atoms with Gasteiger partial charge in [-0.2, -0.15) is 13.2 Å². The second-order valence-electron chi connectivity index (χ2n) is 7.39. The normalized spacial score (nSPS) is 19.0. The zero-order chi connectivity index (χ0) is 21.3. The summed E-state index contributed by atoms with van der Waals surface area (Å²) in [5.41, 5.74) is 1.70. The summed E-state index contributed by atoms with van der Waals surface area (Å²) in [5.74, 6) is 2.01. The highest BCUT2D eigenvalue weighted by Gasteiger charge is 2.33. The van der Waals surface area contributed by atoms with Crippen molar-refractivity contribution < 1.29 is 23.1 Å². The minimum atomic E-state index is -4.44. The fourth-order valence-electron chi connectivity index (χ4n) is 4.11. The lowest BCUT2D eigenvalue weighted by Crippen LogP contribution is -2.52. The summed E-state index contributed by atoms with van der Waals surface area (Å²) in [6.07, 6.45) is -3.76. The lowest BCUT2D eigenvalue weighted by molar-refractivity contribution is -0.137. The Morgan fingerprint density at radius 3 is 2.80 bits per heavy atom. The largest absolute Gasteiger partial charge is 0.416 e. The fourth-order valence-corrected chi connectivity index (χ4v) is 5.22. The maximum atomic E-state index is 13.2. The molecule has 0 aliphatic carbocycles. The van der Waals surface area contributed by atoms with Gasteiger partial charge in [0.25, 0.3) is 0 Å². The Labute approximate surface area is 176 Å². The Morgan fingerprint density at radius 1 is 1.23 bits per heavy atom. The van der Waals surface area contributed by atoms with Crippen molar-refractivity contribution >= 4 is 29.0 Å². The van der Waals surface area contributed by atoms with Crippen molar-refractivity contribution in [2.45, 2.75) is 34.9 Å². The van der Waals surface area contributed by atoms with Crippen LogP contribution in [0.3, 0.4) is 0 Å². The van der Waals surface area contributed by atoms with Crippen molar-refractivity contribution in [3.63, 3.8) is 0 Å². The molecule has 4 nitrogen and oxygen atoms in total. The first-order valence-electron chi connectivity index (χ1n) is 9.76. The summed E-state index contributed by atoms with van der Waals surface area (Å²) in [4.78, 5) is 15.7. The number of fused-ring (bicyclic) bond motifs is 2. The third-order valence-electron chi connectivity index (χ3n) is 5.53. The van der Waals surface area contributed by atoms with Crippen LogP contribution >= 0.6 is 11.8 Å². The molecule has 1 atom stereocenters. The molecule has 1 unspecified atom stereocenters. The molecular weight excluding hydrogens is 413 g/mol. The highest BCUT2D eigenvalue weighted by molar-refractivity contribution is 7.99. The van der Waals surface area contributed by atoms with Gasteiger partial charge in [-0.05, 0) is 42.3 Å². The number of piperazine rings is 1. The van der Waals surface area contributed by atoms with Gasteiger partial charge in [0, 0.05) is 59.7 Å². The molecule has 8 heteroatoms. The number of alkyl halides is 3. The minimum Gasteiger partial charge on any atom is -0.396 e. The monoisotopic (exact) mass is 434 g/mol. The maximum Gasteiger partial charge on any atom is 0.416 e. The quantitative estimate of drug-likeness (QED) is 0.720. The van der Waals surface area contributed by atoms with Crippen LogP contribution in [-0.2, 0) is 17.4 Å². The minimum absolute atomic E-state index is 0.0503. The van der Waals surface area contributed by atoms with Crippen molar-refractivity contribution in [3.05, 3.63) is 53.1 Å². The lowest BCUT2D eigenvalue weighted by atomic mass is 9.95. The molecule has 2 aliphatic heterocycles. The number of nitrogens with zero attached hydrogens (tertiary/aromatic N) is 1. The Kier molecular flexibility index (Phi) is 5.93. The van der Waals surface area contributed by atoms with E-state index in [0.717, 1.165) is 34.8 Å². The SMILES string of the molecule is O=C=C1Cc2cc(C(F)(F)F)ccc2Sc2cccc(N3CCNCC3CCO)c21. The van der Waals surface area contributed by atoms with Gasteiger partial charge >= 0.3 is 6.18 Å². The van der Waals surface area contributed by atoms with Crippen LogP contribution in [0.15, 0.2) is 46.2 Å². The van der Waals surface area contributed by atoms with Crippen LogP contribution in [-0.4, -0.2) is 43.3 Å². The molecule has 2 N–H and O–H groups in total. The standard InChI is InChI=1S/C22H21F3N2O2S/c23-22(24,25)16-4-5-19-14(11-16)10-15(13-29)21-18(2-1-3-20(21)30-19)27-8-7-26-12-17(27)6-9-28/h1-5,11,17,26,28H,6-10,12H2. The van der Waals surface area contributed by atoms with Gasteiger partial charge in [-0.25, -0.2) is 4.79 Å². The van der Waals surface area contributed by atoms with E-state index in [2.05, 4.69) is 10.2 Å². The molecule has 2 aliphatic rings. The summed E-state index contributed by atoms with van der Waals surface area (Å²) in [6, 6.07) is 9.47. The van der Waals surface area contributed by atoms with Crippen LogP contribution in [0.5, 0.6) is 0 Å². The Hall–Kier alpha value is -2.25. The fraction of sp³-hybridized carbons (Fsp3) is 0.364. The average Bonchev–Trinajstić information content (AvgIpc) is 2.89. The number of hydrogen-bond acceptors (Lipinski definition) is 5. The highest BCUT2D eigenvalue weighted by atomic mass is 32.2. The summed E-state index contributed by atoms with van der Waals surface area (Å²) in [5, 5.41) is 12.8. The molecule has 158 valence electrons. The van der Waals surface area contributed by atoms with Gasteiger partial charge in [0.2, 0.25) is 0 Å². The number of allylic oxidation sites excluding steroid dienone is 1. The number of nitrogens with one attached hydrogen (secondary N) is 1. The number of aliphatic hydroxyl groups excluding tert-OH is 1.